The summed E-state index contributed by atoms with van der Waals surface area (Å²) >= 11 is 0. The first kappa shape index (κ1) is 27.9. The highest BCUT2D eigenvalue weighted by atomic mass is 35.5. The van der Waals surface area contributed by atoms with Crippen molar-refractivity contribution in [3.05, 3.63) is 0 Å². The SMILES string of the molecule is Cl.N=C(N)NC[C@H]1CC[C@H]([C@H](N=C=O)C(=O)N2CCN(CC(N)=O)C(=O)C2CC(=O)O)CC1. The van der Waals surface area contributed by atoms with Crippen LogP contribution in [0.25, 0.3) is 0 Å². The van der Waals surface area contributed by atoms with Gasteiger partial charge in [-0.1, -0.05) is 0 Å². The highest BCUT2D eigenvalue weighted by molar-refractivity contribution is 5.95. The first-order valence-corrected chi connectivity index (χ1v) is 10.4. The Morgan fingerprint density at radius 2 is 1.85 bits per heavy atom. The zero-order valence-electron chi connectivity index (χ0n) is 18.1. The van der Waals surface area contributed by atoms with Gasteiger partial charge in [0, 0.05) is 19.6 Å². The summed E-state index contributed by atoms with van der Waals surface area (Å²) in [5.41, 5.74) is 10.5. The topological polar surface area (TPSA) is 212 Å². The fourth-order valence-electron chi connectivity index (χ4n) is 4.36. The van der Waals surface area contributed by atoms with Crippen LogP contribution in [-0.2, 0) is 24.0 Å². The molecule has 13 nitrogen and oxygen atoms in total. The number of carbonyl (C=O) groups excluding carboxylic acids is 4. The number of nitrogens with two attached hydrogens (primary N) is 2. The Labute approximate surface area is 196 Å². The third kappa shape index (κ3) is 7.72. The van der Waals surface area contributed by atoms with E-state index in [0.29, 0.717) is 19.4 Å². The van der Waals surface area contributed by atoms with Gasteiger partial charge in [0.1, 0.15) is 12.1 Å². The van der Waals surface area contributed by atoms with E-state index >= 15 is 0 Å². The lowest BCUT2D eigenvalue weighted by atomic mass is 9.78. The molecule has 0 aromatic carbocycles. The van der Waals surface area contributed by atoms with Crippen LogP contribution in [0.1, 0.15) is 32.1 Å². The first-order chi connectivity index (χ1) is 15.1. The third-order valence-electron chi connectivity index (χ3n) is 5.95. The van der Waals surface area contributed by atoms with Crippen molar-refractivity contribution in [2.24, 2.45) is 28.3 Å². The van der Waals surface area contributed by atoms with E-state index in [1.54, 1.807) is 0 Å². The molecule has 1 unspecified atom stereocenters. The van der Waals surface area contributed by atoms with Crippen molar-refractivity contribution in [1.29, 1.82) is 5.41 Å². The van der Waals surface area contributed by atoms with Crippen molar-refractivity contribution in [1.82, 2.24) is 15.1 Å². The Hall–Kier alpha value is -3.18. The highest BCUT2D eigenvalue weighted by Crippen LogP contribution is 2.33. The van der Waals surface area contributed by atoms with Crippen molar-refractivity contribution in [2.75, 3.05) is 26.2 Å². The molecule has 184 valence electrons. The second-order valence-corrected chi connectivity index (χ2v) is 8.11. The standard InChI is InChI=1S/C19H29N7O6.ClH/c20-14(28)9-25-5-6-26(13(17(25)31)7-15(29)30)18(32)16(24-10-27)12-3-1-11(2-4-12)8-23-19(21)22;/h11-13,16H,1-9H2,(H2,20,28)(H,29,30)(H4,21,22,23);1H/t11-,12-,13?,16-;/m0./s1. The average molecular weight is 488 g/mol. The Balaban J connectivity index is 0.00000544. The van der Waals surface area contributed by atoms with E-state index in [4.69, 9.17) is 16.9 Å². The number of carbonyl (C=O) groups is 4. The molecule has 33 heavy (non-hydrogen) atoms. The number of rotatable bonds is 9. The first-order valence-electron chi connectivity index (χ1n) is 10.4. The molecule has 14 heteroatoms. The Morgan fingerprint density at radius 1 is 1.21 bits per heavy atom. The number of isocyanates is 1. The lowest BCUT2D eigenvalue weighted by Crippen LogP contribution is -2.62. The number of primary amides is 1. The van der Waals surface area contributed by atoms with Crippen LogP contribution in [0.3, 0.4) is 0 Å². The van der Waals surface area contributed by atoms with Gasteiger partial charge in [0.15, 0.2) is 5.96 Å². The summed E-state index contributed by atoms with van der Waals surface area (Å²) in [5.74, 6) is -3.43. The largest absolute Gasteiger partial charge is 0.481 e. The molecule has 2 aliphatic rings. The molecule has 1 saturated carbocycles. The molecule has 3 amide bonds. The Bertz CT molecular complexity index is 810. The van der Waals surface area contributed by atoms with E-state index in [9.17, 15) is 29.1 Å². The quantitative estimate of drug-likeness (QED) is 0.145. The maximum absolute atomic E-state index is 13.3. The van der Waals surface area contributed by atoms with Crippen LogP contribution in [0.2, 0.25) is 0 Å². The number of aliphatic imine (C=N–C) groups is 1. The summed E-state index contributed by atoms with van der Waals surface area (Å²) in [7, 11) is 0. The molecule has 0 aromatic heterocycles. The number of aliphatic carboxylic acids is 1. The van der Waals surface area contributed by atoms with Crippen LogP contribution < -0.4 is 16.8 Å². The molecule has 1 heterocycles. The normalized spacial score (nSPS) is 23.5. The number of carboxylic acid groups (broad SMARTS) is 1. The molecule has 2 atom stereocenters. The summed E-state index contributed by atoms with van der Waals surface area (Å²) in [5, 5.41) is 19.3. The zero-order valence-corrected chi connectivity index (χ0v) is 18.9. The second-order valence-electron chi connectivity index (χ2n) is 8.11. The number of guanidine groups is 1. The van der Waals surface area contributed by atoms with Crippen LogP contribution >= 0.6 is 12.4 Å². The number of nitrogens with zero attached hydrogens (tertiary/aromatic N) is 3. The summed E-state index contributed by atoms with van der Waals surface area (Å²) in [6.07, 6.45) is 3.43. The number of carboxylic acids is 1. The molecule has 2 rings (SSSR count). The van der Waals surface area contributed by atoms with Gasteiger partial charge in [0.25, 0.3) is 0 Å². The predicted molar refractivity (Wildman–Crippen MR) is 118 cm³/mol. The van der Waals surface area contributed by atoms with Gasteiger partial charge in [-0.15, -0.1) is 12.4 Å². The molecule has 0 radical (unpaired) electrons. The van der Waals surface area contributed by atoms with E-state index in [2.05, 4.69) is 10.3 Å². The third-order valence-corrected chi connectivity index (χ3v) is 5.95. The van der Waals surface area contributed by atoms with E-state index in [-0.39, 0.29) is 49.8 Å². The van der Waals surface area contributed by atoms with Gasteiger partial charge < -0.3 is 31.7 Å². The highest BCUT2D eigenvalue weighted by Gasteiger charge is 2.43. The van der Waals surface area contributed by atoms with Crippen LogP contribution in [0.4, 0.5) is 0 Å². The molecule has 1 aliphatic heterocycles. The molecular weight excluding hydrogens is 458 g/mol. The number of amides is 3. The van der Waals surface area contributed by atoms with Gasteiger partial charge in [0.05, 0.1) is 13.0 Å². The maximum Gasteiger partial charge on any atom is 0.305 e. The van der Waals surface area contributed by atoms with Gasteiger partial charge in [0.2, 0.25) is 23.8 Å². The summed E-state index contributed by atoms with van der Waals surface area (Å²) < 4.78 is 0. The monoisotopic (exact) mass is 487 g/mol. The number of piperazine rings is 1. The van der Waals surface area contributed by atoms with Gasteiger partial charge >= 0.3 is 5.97 Å². The van der Waals surface area contributed by atoms with Crippen LogP contribution in [0, 0.1) is 17.2 Å². The van der Waals surface area contributed by atoms with Gasteiger partial charge in [-0.3, -0.25) is 24.6 Å². The number of halogens is 1. The van der Waals surface area contributed by atoms with E-state index in [1.165, 1.54) is 6.08 Å². The number of nitrogens with one attached hydrogen (secondary N) is 2. The van der Waals surface area contributed by atoms with Gasteiger partial charge in [-0.25, -0.2) is 4.79 Å². The van der Waals surface area contributed by atoms with Crippen molar-refractivity contribution < 1.29 is 29.1 Å². The second kappa shape index (κ2) is 12.8. The fourth-order valence-corrected chi connectivity index (χ4v) is 4.36. The van der Waals surface area contributed by atoms with E-state index < -0.39 is 42.2 Å². The van der Waals surface area contributed by atoms with Crippen molar-refractivity contribution in [3.63, 3.8) is 0 Å². The minimum absolute atomic E-state index is 0. The molecule has 2 fully saturated rings. The fraction of sp³-hybridized carbons (Fsp3) is 0.684. The maximum atomic E-state index is 13.3. The predicted octanol–water partition coefficient (Wildman–Crippen LogP) is -1.60. The molecule has 7 N–H and O–H groups in total. The van der Waals surface area contributed by atoms with Crippen LogP contribution in [0.5, 0.6) is 0 Å². The molecule has 0 bridgehead atoms. The molecule has 1 aliphatic carbocycles. The summed E-state index contributed by atoms with van der Waals surface area (Å²) in [6, 6.07) is -2.38. The Morgan fingerprint density at radius 3 is 2.36 bits per heavy atom. The minimum Gasteiger partial charge on any atom is -0.481 e. The van der Waals surface area contributed by atoms with Crippen molar-refractivity contribution >= 4 is 48.1 Å². The van der Waals surface area contributed by atoms with Gasteiger partial charge in [-0.05, 0) is 37.5 Å². The van der Waals surface area contributed by atoms with Crippen molar-refractivity contribution in [2.45, 2.75) is 44.2 Å². The smallest absolute Gasteiger partial charge is 0.305 e. The number of hydrogen-bond acceptors (Lipinski definition) is 7. The molecule has 1 saturated heterocycles. The molecular formula is C19H30ClN7O6. The molecule has 0 spiro atoms. The minimum atomic E-state index is -1.31. The van der Waals surface area contributed by atoms with Crippen LogP contribution in [-0.4, -0.2) is 88.9 Å². The Kier molecular flexibility index (Phi) is 10.8. The lowest BCUT2D eigenvalue weighted by molar-refractivity contribution is -0.157. The van der Waals surface area contributed by atoms with E-state index in [1.807, 2.05) is 0 Å². The summed E-state index contributed by atoms with van der Waals surface area (Å²) in [6.45, 7) is 0.184. The van der Waals surface area contributed by atoms with Gasteiger partial charge in [-0.2, -0.15) is 4.99 Å². The summed E-state index contributed by atoms with van der Waals surface area (Å²) in [4.78, 5) is 65.6. The van der Waals surface area contributed by atoms with Crippen molar-refractivity contribution in [3.8, 4) is 0 Å². The molecule has 0 aromatic rings. The zero-order chi connectivity index (χ0) is 23.8. The van der Waals surface area contributed by atoms with Crippen LogP contribution in [0.15, 0.2) is 4.99 Å². The lowest BCUT2D eigenvalue weighted by Gasteiger charge is -2.41. The van der Waals surface area contributed by atoms with E-state index in [0.717, 1.165) is 22.6 Å². The average Bonchev–Trinajstić information content (AvgIpc) is 2.73. The number of hydrogen-bond donors (Lipinski definition) is 5.